The third-order valence-corrected chi connectivity index (χ3v) is 4.66. The largest absolute Gasteiger partial charge is 0.371 e. The molecule has 0 aliphatic carbocycles. The van der Waals surface area contributed by atoms with E-state index in [1.165, 1.54) is 16.8 Å². The topological polar surface area (TPSA) is 32.5 Å². The third kappa shape index (κ3) is 2.49. The van der Waals surface area contributed by atoms with E-state index in [2.05, 4.69) is 48.9 Å². The number of rotatable bonds is 1. The van der Waals surface area contributed by atoms with Crippen molar-refractivity contribution in [3.63, 3.8) is 0 Å². The number of anilines is 1. The molecule has 0 spiro atoms. The number of likely N-dealkylation sites (tertiary alicyclic amines) is 1. The van der Waals surface area contributed by atoms with E-state index >= 15 is 0 Å². The molecule has 2 fully saturated rings. The van der Waals surface area contributed by atoms with Crippen LogP contribution in [0, 0.1) is 25.7 Å². The van der Waals surface area contributed by atoms with Crippen LogP contribution >= 0.6 is 0 Å². The normalized spacial score (nSPS) is 31.6. The molecule has 0 saturated carbocycles. The van der Waals surface area contributed by atoms with Gasteiger partial charge in [0.15, 0.2) is 0 Å². The predicted molar refractivity (Wildman–Crippen MR) is 80.6 cm³/mol. The van der Waals surface area contributed by atoms with Crippen LogP contribution in [0.25, 0.3) is 0 Å². The van der Waals surface area contributed by atoms with Gasteiger partial charge < -0.3 is 15.5 Å². The fourth-order valence-corrected chi connectivity index (χ4v) is 3.85. The van der Waals surface area contributed by atoms with Gasteiger partial charge in [-0.2, -0.15) is 0 Å². The van der Waals surface area contributed by atoms with Crippen LogP contribution in [0.1, 0.15) is 11.1 Å². The summed E-state index contributed by atoms with van der Waals surface area (Å²) in [6, 6.07) is 7.25. The van der Waals surface area contributed by atoms with Gasteiger partial charge in [0.1, 0.15) is 0 Å². The Kier molecular flexibility index (Phi) is 3.27. The van der Waals surface area contributed by atoms with Gasteiger partial charge in [-0.25, -0.2) is 0 Å². The number of fused-ring (bicyclic) bond motifs is 2. The van der Waals surface area contributed by atoms with Crippen molar-refractivity contribution in [2.24, 2.45) is 17.6 Å². The molecule has 3 rings (SSSR count). The maximum Gasteiger partial charge on any atom is 0.0371 e. The van der Waals surface area contributed by atoms with Crippen molar-refractivity contribution in [2.45, 2.75) is 19.9 Å². The van der Waals surface area contributed by atoms with Crippen LogP contribution in [-0.2, 0) is 0 Å². The lowest BCUT2D eigenvalue weighted by atomic mass is 9.80. The van der Waals surface area contributed by atoms with Crippen molar-refractivity contribution in [2.75, 3.05) is 38.1 Å². The Hall–Kier alpha value is -1.06. The van der Waals surface area contributed by atoms with Crippen LogP contribution in [0.4, 0.5) is 5.69 Å². The smallest absolute Gasteiger partial charge is 0.0371 e. The minimum atomic E-state index is 0.387. The summed E-state index contributed by atoms with van der Waals surface area (Å²) in [7, 11) is 2.22. The molecule has 2 heterocycles. The molecule has 19 heavy (non-hydrogen) atoms. The number of benzene rings is 1. The fraction of sp³-hybridized carbons (Fsp3) is 0.625. The van der Waals surface area contributed by atoms with Crippen molar-refractivity contribution in [3.8, 4) is 0 Å². The van der Waals surface area contributed by atoms with Gasteiger partial charge in [-0.1, -0.05) is 6.07 Å². The van der Waals surface area contributed by atoms with Crippen LogP contribution in [0.15, 0.2) is 18.2 Å². The van der Waals surface area contributed by atoms with Crippen molar-refractivity contribution in [1.29, 1.82) is 0 Å². The third-order valence-electron chi connectivity index (χ3n) is 4.66. The number of hydrogen-bond donors (Lipinski definition) is 1. The van der Waals surface area contributed by atoms with Crippen LogP contribution in [0.3, 0.4) is 0 Å². The van der Waals surface area contributed by atoms with Crippen LogP contribution in [0.2, 0.25) is 0 Å². The fourth-order valence-electron chi connectivity index (χ4n) is 3.85. The molecule has 1 aromatic rings. The molecule has 0 aromatic heterocycles. The van der Waals surface area contributed by atoms with Crippen LogP contribution in [0.5, 0.6) is 0 Å². The minimum absolute atomic E-state index is 0.387. The SMILES string of the molecule is Cc1cc(C)cc(N2CC3CN(C)CC(C2)C3N)c1. The van der Waals surface area contributed by atoms with E-state index in [1.54, 1.807) is 0 Å². The zero-order valence-electron chi connectivity index (χ0n) is 12.3. The molecule has 2 saturated heterocycles. The summed E-state index contributed by atoms with van der Waals surface area (Å²) in [5.41, 5.74) is 10.5. The van der Waals surface area contributed by atoms with E-state index in [-0.39, 0.29) is 0 Å². The predicted octanol–water partition coefficient (Wildman–Crippen LogP) is 1.63. The van der Waals surface area contributed by atoms with Gasteiger partial charge in [0.25, 0.3) is 0 Å². The van der Waals surface area contributed by atoms with Crippen molar-refractivity contribution in [3.05, 3.63) is 29.3 Å². The Bertz CT molecular complexity index is 435. The van der Waals surface area contributed by atoms with Crippen LogP contribution in [-0.4, -0.2) is 44.2 Å². The van der Waals surface area contributed by atoms with E-state index in [9.17, 15) is 0 Å². The highest BCUT2D eigenvalue weighted by molar-refractivity contribution is 5.51. The molecule has 3 heteroatoms. The first-order valence-electron chi connectivity index (χ1n) is 7.30. The zero-order valence-corrected chi connectivity index (χ0v) is 12.3. The number of aryl methyl sites for hydroxylation is 2. The first-order valence-corrected chi connectivity index (χ1v) is 7.30. The molecule has 2 atom stereocenters. The number of piperidine rings is 2. The molecule has 3 nitrogen and oxygen atoms in total. The molecule has 0 amide bonds. The summed E-state index contributed by atoms with van der Waals surface area (Å²) < 4.78 is 0. The summed E-state index contributed by atoms with van der Waals surface area (Å²) in [5, 5.41) is 0. The van der Waals surface area contributed by atoms with Gasteiger partial charge in [0.05, 0.1) is 0 Å². The average molecular weight is 259 g/mol. The Morgan fingerprint density at radius 3 is 2.00 bits per heavy atom. The molecule has 2 aliphatic rings. The number of nitrogens with two attached hydrogens (primary N) is 1. The van der Waals surface area contributed by atoms with Crippen molar-refractivity contribution < 1.29 is 0 Å². The Morgan fingerprint density at radius 2 is 1.47 bits per heavy atom. The molecule has 2 bridgehead atoms. The lowest BCUT2D eigenvalue weighted by Gasteiger charge is -2.49. The summed E-state index contributed by atoms with van der Waals surface area (Å²) in [5.74, 6) is 1.22. The highest BCUT2D eigenvalue weighted by Crippen LogP contribution is 2.31. The summed E-state index contributed by atoms with van der Waals surface area (Å²) in [4.78, 5) is 4.99. The van der Waals surface area contributed by atoms with Gasteiger partial charge in [0.2, 0.25) is 0 Å². The van der Waals surface area contributed by atoms with E-state index in [0.29, 0.717) is 17.9 Å². The molecular weight excluding hydrogens is 234 g/mol. The molecule has 104 valence electrons. The molecule has 0 radical (unpaired) electrons. The van der Waals surface area contributed by atoms with E-state index in [4.69, 9.17) is 5.73 Å². The molecular formula is C16H25N3. The van der Waals surface area contributed by atoms with E-state index in [0.717, 1.165) is 26.2 Å². The second-order valence-corrected chi connectivity index (χ2v) is 6.57. The van der Waals surface area contributed by atoms with Gasteiger partial charge in [-0.15, -0.1) is 0 Å². The van der Waals surface area contributed by atoms with Gasteiger partial charge >= 0.3 is 0 Å². The molecule has 2 N–H and O–H groups in total. The lowest BCUT2D eigenvalue weighted by molar-refractivity contribution is 0.107. The Balaban J connectivity index is 1.84. The van der Waals surface area contributed by atoms with E-state index < -0.39 is 0 Å². The summed E-state index contributed by atoms with van der Waals surface area (Å²) >= 11 is 0. The maximum absolute atomic E-state index is 6.39. The summed E-state index contributed by atoms with van der Waals surface area (Å²) in [6.07, 6.45) is 0. The maximum atomic E-state index is 6.39. The summed E-state index contributed by atoms with van der Waals surface area (Å²) in [6.45, 7) is 8.84. The minimum Gasteiger partial charge on any atom is -0.371 e. The highest BCUT2D eigenvalue weighted by Gasteiger charge is 2.39. The Labute approximate surface area is 116 Å². The second-order valence-electron chi connectivity index (χ2n) is 6.57. The molecule has 1 aromatic carbocycles. The van der Waals surface area contributed by atoms with E-state index in [1.807, 2.05) is 0 Å². The monoisotopic (exact) mass is 259 g/mol. The zero-order chi connectivity index (χ0) is 13.6. The quantitative estimate of drug-likeness (QED) is 0.832. The standard InChI is InChI=1S/C16H25N3/c1-11-4-12(2)6-15(5-11)19-9-13-7-18(3)8-14(10-19)16(13)17/h4-6,13-14,16H,7-10,17H2,1-3H3. The number of nitrogens with zero attached hydrogens (tertiary/aromatic N) is 2. The van der Waals surface area contributed by atoms with Gasteiger partial charge in [-0.05, 0) is 44.2 Å². The molecule has 2 unspecified atom stereocenters. The average Bonchev–Trinajstić information content (AvgIpc) is 2.29. The van der Waals surface area contributed by atoms with Crippen molar-refractivity contribution >= 4 is 5.69 Å². The first kappa shape index (κ1) is 12.9. The Morgan fingerprint density at radius 1 is 0.947 bits per heavy atom. The van der Waals surface area contributed by atoms with Gasteiger partial charge in [0, 0.05) is 49.7 Å². The second kappa shape index (κ2) is 4.80. The lowest BCUT2D eigenvalue weighted by Crippen LogP contribution is -2.62. The van der Waals surface area contributed by atoms with Gasteiger partial charge in [-0.3, -0.25) is 0 Å². The molecule has 2 aliphatic heterocycles. The van der Waals surface area contributed by atoms with Crippen LogP contribution < -0.4 is 10.6 Å². The van der Waals surface area contributed by atoms with Crippen molar-refractivity contribution in [1.82, 2.24) is 4.90 Å². The highest BCUT2D eigenvalue weighted by atomic mass is 15.2. The number of hydrogen-bond acceptors (Lipinski definition) is 3. The first-order chi connectivity index (χ1) is 9.02.